The van der Waals surface area contributed by atoms with E-state index in [9.17, 15) is 9.90 Å². The first-order chi connectivity index (χ1) is 5.62. The van der Waals surface area contributed by atoms with Crippen LogP contribution in [0, 0.1) is 0 Å². The van der Waals surface area contributed by atoms with Gasteiger partial charge in [0.15, 0.2) is 0 Å². The lowest BCUT2D eigenvalue weighted by Crippen LogP contribution is -2.48. The quantitative estimate of drug-likeness (QED) is 0.629. The summed E-state index contributed by atoms with van der Waals surface area (Å²) in [5.41, 5.74) is -0.723. The van der Waals surface area contributed by atoms with Crippen molar-refractivity contribution in [2.45, 2.75) is 50.9 Å². The van der Waals surface area contributed by atoms with E-state index in [-0.39, 0.29) is 12.2 Å². The SMILES string of the molecule is CCC1(O)CCC(C=O)OC1C. The Bertz CT molecular complexity index is 169. The van der Waals surface area contributed by atoms with Crippen LogP contribution in [0.4, 0.5) is 0 Å². The van der Waals surface area contributed by atoms with E-state index in [1.54, 1.807) is 0 Å². The fourth-order valence-corrected chi connectivity index (χ4v) is 1.62. The zero-order chi connectivity index (χ0) is 9.19. The van der Waals surface area contributed by atoms with E-state index in [2.05, 4.69) is 0 Å². The van der Waals surface area contributed by atoms with Gasteiger partial charge in [0.1, 0.15) is 12.4 Å². The lowest BCUT2D eigenvalue weighted by atomic mass is 9.86. The van der Waals surface area contributed by atoms with Crippen molar-refractivity contribution in [3.8, 4) is 0 Å². The third-order valence-electron chi connectivity index (χ3n) is 2.76. The predicted octanol–water partition coefficient (Wildman–Crippen LogP) is 0.894. The van der Waals surface area contributed by atoms with Crippen LogP contribution in [0.3, 0.4) is 0 Å². The van der Waals surface area contributed by atoms with Gasteiger partial charge in [0.2, 0.25) is 0 Å². The van der Waals surface area contributed by atoms with Gasteiger partial charge in [0, 0.05) is 0 Å². The Labute approximate surface area is 72.7 Å². The van der Waals surface area contributed by atoms with Crippen LogP contribution >= 0.6 is 0 Å². The highest BCUT2D eigenvalue weighted by Crippen LogP contribution is 2.30. The molecule has 0 aliphatic carbocycles. The second kappa shape index (κ2) is 3.54. The molecule has 0 radical (unpaired) electrons. The number of hydrogen-bond donors (Lipinski definition) is 1. The Morgan fingerprint density at radius 1 is 1.75 bits per heavy atom. The van der Waals surface area contributed by atoms with Crippen LogP contribution < -0.4 is 0 Å². The highest BCUT2D eigenvalue weighted by molar-refractivity contribution is 5.56. The first-order valence-electron chi connectivity index (χ1n) is 4.45. The predicted molar refractivity (Wildman–Crippen MR) is 44.9 cm³/mol. The van der Waals surface area contributed by atoms with Crippen molar-refractivity contribution in [2.75, 3.05) is 0 Å². The van der Waals surface area contributed by atoms with Gasteiger partial charge in [-0.2, -0.15) is 0 Å². The first-order valence-corrected chi connectivity index (χ1v) is 4.45. The molecular weight excluding hydrogens is 156 g/mol. The van der Waals surface area contributed by atoms with E-state index in [0.29, 0.717) is 19.3 Å². The zero-order valence-corrected chi connectivity index (χ0v) is 7.62. The smallest absolute Gasteiger partial charge is 0.148 e. The standard InChI is InChI=1S/C9H16O3/c1-3-9(11)5-4-8(6-10)12-7(9)2/h6-8,11H,3-5H2,1-2H3. The summed E-state index contributed by atoms with van der Waals surface area (Å²) in [5.74, 6) is 0. The van der Waals surface area contributed by atoms with Crippen LogP contribution in [0.15, 0.2) is 0 Å². The Balaban J connectivity index is 2.58. The van der Waals surface area contributed by atoms with Crippen molar-refractivity contribution in [3.63, 3.8) is 0 Å². The molecule has 3 atom stereocenters. The molecule has 1 N–H and O–H groups in total. The van der Waals surface area contributed by atoms with Gasteiger partial charge in [-0.15, -0.1) is 0 Å². The molecule has 0 aromatic carbocycles. The summed E-state index contributed by atoms with van der Waals surface area (Å²) in [4.78, 5) is 10.4. The molecule has 3 heteroatoms. The van der Waals surface area contributed by atoms with E-state index in [1.807, 2.05) is 13.8 Å². The van der Waals surface area contributed by atoms with Gasteiger partial charge in [-0.25, -0.2) is 0 Å². The van der Waals surface area contributed by atoms with E-state index in [4.69, 9.17) is 4.74 Å². The highest BCUT2D eigenvalue weighted by Gasteiger charge is 2.38. The molecule has 0 aromatic rings. The minimum atomic E-state index is -0.723. The van der Waals surface area contributed by atoms with E-state index >= 15 is 0 Å². The van der Waals surface area contributed by atoms with Crippen molar-refractivity contribution in [1.82, 2.24) is 0 Å². The number of carbonyl (C=O) groups is 1. The minimum Gasteiger partial charge on any atom is -0.387 e. The second-order valence-electron chi connectivity index (χ2n) is 3.45. The second-order valence-corrected chi connectivity index (χ2v) is 3.45. The molecule has 0 bridgehead atoms. The molecule has 0 spiro atoms. The largest absolute Gasteiger partial charge is 0.387 e. The van der Waals surface area contributed by atoms with Gasteiger partial charge >= 0.3 is 0 Å². The number of ether oxygens (including phenoxy) is 1. The molecule has 3 nitrogen and oxygen atoms in total. The van der Waals surface area contributed by atoms with Crippen LogP contribution in [0.2, 0.25) is 0 Å². The number of aliphatic hydroxyl groups is 1. The number of hydrogen-bond acceptors (Lipinski definition) is 3. The summed E-state index contributed by atoms with van der Waals surface area (Å²) < 4.78 is 5.32. The topological polar surface area (TPSA) is 46.5 Å². The lowest BCUT2D eigenvalue weighted by molar-refractivity contribution is -0.170. The monoisotopic (exact) mass is 172 g/mol. The summed E-state index contributed by atoms with van der Waals surface area (Å²) in [7, 11) is 0. The van der Waals surface area contributed by atoms with E-state index in [1.165, 1.54) is 0 Å². The molecule has 1 heterocycles. The maximum absolute atomic E-state index is 10.4. The van der Waals surface area contributed by atoms with Gasteiger partial charge in [0.25, 0.3) is 0 Å². The third-order valence-corrected chi connectivity index (χ3v) is 2.76. The molecule has 12 heavy (non-hydrogen) atoms. The number of rotatable bonds is 2. The highest BCUT2D eigenvalue weighted by atomic mass is 16.5. The minimum absolute atomic E-state index is 0.230. The summed E-state index contributed by atoms with van der Waals surface area (Å²) in [5, 5.41) is 9.92. The van der Waals surface area contributed by atoms with Crippen LogP contribution in [-0.2, 0) is 9.53 Å². The molecular formula is C9H16O3. The molecule has 1 aliphatic rings. The fourth-order valence-electron chi connectivity index (χ4n) is 1.62. The van der Waals surface area contributed by atoms with E-state index < -0.39 is 5.60 Å². The summed E-state index contributed by atoms with van der Waals surface area (Å²) in [6.07, 6.45) is 2.25. The Morgan fingerprint density at radius 3 is 2.83 bits per heavy atom. The summed E-state index contributed by atoms with van der Waals surface area (Å²) in [6, 6.07) is 0. The summed E-state index contributed by atoms with van der Waals surface area (Å²) in [6.45, 7) is 3.75. The van der Waals surface area contributed by atoms with Crippen LogP contribution in [-0.4, -0.2) is 29.2 Å². The lowest BCUT2D eigenvalue weighted by Gasteiger charge is -2.39. The van der Waals surface area contributed by atoms with Crippen molar-refractivity contribution >= 4 is 6.29 Å². The average molecular weight is 172 g/mol. The molecule has 0 aromatic heterocycles. The van der Waals surface area contributed by atoms with Crippen LogP contribution in [0.25, 0.3) is 0 Å². The molecule has 1 rings (SSSR count). The molecule has 1 fully saturated rings. The van der Waals surface area contributed by atoms with Gasteiger partial charge < -0.3 is 14.6 Å². The normalized spacial score (nSPS) is 42.6. The fraction of sp³-hybridized carbons (Fsp3) is 0.889. The van der Waals surface area contributed by atoms with Gasteiger partial charge in [0.05, 0.1) is 11.7 Å². The van der Waals surface area contributed by atoms with Crippen LogP contribution in [0.1, 0.15) is 33.1 Å². The molecule has 0 amide bonds. The van der Waals surface area contributed by atoms with Crippen molar-refractivity contribution in [3.05, 3.63) is 0 Å². The van der Waals surface area contributed by atoms with E-state index in [0.717, 1.165) is 6.29 Å². The van der Waals surface area contributed by atoms with Crippen molar-refractivity contribution < 1.29 is 14.6 Å². The molecule has 1 saturated heterocycles. The van der Waals surface area contributed by atoms with Crippen molar-refractivity contribution in [1.29, 1.82) is 0 Å². The van der Waals surface area contributed by atoms with Gasteiger partial charge in [-0.1, -0.05) is 6.92 Å². The maximum Gasteiger partial charge on any atom is 0.148 e. The Hall–Kier alpha value is -0.410. The molecule has 1 aliphatic heterocycles. The molecule has 0 saturated carbocycles. The first kappa shape index (κ1) is 9.68. The molecule has 3 unspecified atom stereocenters. The summed E-state index contributed by atoms with van der Waals surface area (Å²) >= 11 is 0. The molecule has 70 valence electrons. The zero-order valence-electron chi connectivity index (χ0n) is 7.62. The van der Waals surface area contributed by atoms with Crippen molar-refractivity contribution in [2.24, 2.45) is 0 Å². The number of carbonyl (C=O) groups excluding carboxylic acids is 1. The Kier molecular flexibility index (Phi) is 2.85. The Morgan fingerprint density at radius 2 is 2.42 bits per heavy atom. The maximum atomic E-state index is 10.4. The van der Waals surface area contributed by atoms with Gasteiger partial charge in [-0.3, -0.25) is 0 Å². The average Bonchev–Trinajstić information content (AvgIpc) is 2.10. The van der Waals surface area contributed by atoms with Crippen LogP contribution in [0.5, 0.6) is 0 Å². The van der Waals surface area contributed by atoms with Gasteiger partial charge in [-0.05, 0) is 26.2 Å². The number of aldehydes is 1. The third kappa shape index (κ3) is 1.67.